The zero-order valence-electron chi connectivity index (χ0n) is 13.6. The molecule has 8 heteroatoms. The van der Waals surface area contributed by atoms with Crippen LogP contribution in [-0.4, -0.2) is 39.3 Å². The number of nitrogens with zero attached hydrogens (tertiary/aromatic N) is 5. The van der Waals surface area contributed by atoms with Crippen molar-refractivity contribution >= 4 is 17.3 Å². The van der Waals surface area contributed by atoms with Gasteiger partial charge in [-0.3, -0.25) is 4.99 Å². The van der Waals surface area contributed by atoms with Crippen LogP contribution in [0.25, 0.3) is 0 Å². The van der Waals surface area contributed by atoms with Gasteiger partial charge in [0.05, 0.1) is 17.2 Å². The lowest BCUT2D eigenvalue weighted by molar-refractivity contribution is 0.669. The van der Waals surface area contributed by atoms with E-state index >= 15 is 0 Å². The Balaban J connectivity index is 1.78. The molecule has 2 rings (SSSR count). The van der Waals surface area contributed by atoms with Gasteiger partial charge in [0.2, 0.25) is 0 Å². The van der Waals surface area contributed by atoms with Crippen molar-refractivity contribution in [1.82, 2.24) is 30.4 Å². The fraction of sp³-hybridized carbons (Fsp3) is 0.571. The minimum Gasteiger partial charge on any atom is -0.356 e. The number of hydrogen-bond acceptors (Lipinski definition) is 5. The molecule has 7 nitrogen and oxygen atoms in total. The van der Waals surface area contributed by atoms with Crippen molar-refractivity contribution in [3.63, 3.8) is 0 Å². The Bertz CT molecular complexity index is 609. The van der Waals surface area contributed by atoms with E-state index in [1.54, 1.807) is 24.7 Å². The third kappa shape index (κ3) is 4.27. The highest BCUT2D eigenvalue weighted by Crippen LogP contribution is 2.16. The highest BCUT2D eigenvalue weighted by Gasteiger charge is 2.06. The van der Waals surface area contributed by atoms with Crippen LogP contribution in [0.5, 0.6) is 0 Å². The van der Waals surface area contributed by atoms with Crippen molar-refractivity contribution in [2.24, 2.45) is 4.99 Å². The van der Waals surface area contributed by atoms with Crippen molar-refractivity contribution in [2.75, 3.05) is 13.6 Å². The minimum atomic E-state index is 0.600. The van der Waals surface area contributed by atoms with Crippen LogP contribution in [0.15, 0.2) is 11.3 Å². The van der Waals surface area contributed by atoms with E-state index in [1.165, 1.54) is 4.88 Å². The van der Waals surface area contributed by atoms with Gasteiger partial charge in [0.25, 0.3) is 0 Å². The van der Waals surface area contributed by atoms with Gasteiger partial charge in [0.1, 0.15) is 6.33 Å². The maximum Gasteiger partial charge on any atom is 0.191 e. The highest BCUT2D eigenvalue weighted by molar-refractivity contribution is 7.11. The molecule has 0 aliphatic rings. The first-order valence-electron chi connectivity index (χ1n) is 7.38. The molecular weight excluding hydrogens is 298 g/mol. The van der Waals surface area contributed by atoms with Gasteiger partial charge in [0, 0.05) is 31.4 Å². The summed E-state index contributed by atoms with van der Waals surface area (Å²) in [6.45, 7) is 8.48. The summed E-state index contributed by atoms with van der Waals surface area (Å²) in [7, 11) is 1.76. The summed E-state index contributed by atoms with van der Waals surface area (Å²) in [6, 6.07) is 0. The Morgan fingerprint density at radius 1 is 1.36 bits per heavy atom. The Labute approximate surface area is 134 Å². The van der Waals surface area contributed by atoms with Crippen LogP contribution < -0.4 is 10.6 Å². The zero-order valence-corrected chi connectivity index (χ0v) is 14.4. The largest absolute Gasteiger partial charge is 0.356 e. The molecule has 0 aromatic carbocycles. The SMILES string of the molecule is CCn1cnnc1CNC(=NC)NCCc1nc(C)c(C)s1. The Kier molecular flexibility index (Phi) is 5.88. The second kappa shape index (κ2) is 7.88. The third-order valence-electron chi connectivity index (χ3n) is 3.38. The van der Waals surface area contributed by atoms with Crippen molar-refractivity contribution in [3.8, 4) is 0 Å². The van der Waals surface area contributed by atoms with Gasteiger partial charge < -0.3 is 15.2 Å². The smallest absolute Gasteiger partial charge is 0.191 e. The fourth-order valence-electron chi connectivity index (χ4n) is 2.00. The van der Waals surface area contributed by atoms with Gasteiger partial charge in [-0.05, 0) is 20.8 Å². The first-order valence-corrected chi connectivity index (χ1v) is 8.19. The molecule has 2 aromatic heterocycles. The molecular formula is C14H23N7S. The molecule has 0 radical (unpaired) electrons. The van der Waals surface area contributed by atoms with Crippen LogP contribution in [0.4, 0.5) is 0 Å². The topological polar surface area (TPSA) is 80.0 Å². The fourth-order valence-corrected chi connectivity index (χ4v) is 2.93. The van der Waals surface area contributed by atoms with Gasteiger partial charge in [-0.15, -0.1) is 21.5 Å². The monoisotopic (exact) mass is 321 g/mol. The van der Waals surface area contributed by atoms with Gasteiger partial charge in [-0.1, -0.05) is 0 Å². The lowest BCUT2D eigenvalue weighted by atomic mass is 10.4. The normalized spacial score (nSPS) is 11.7. The second-order valence-electron chi connectivity index (χ2n) is 4.88. The maximum absolute atomic E-state index is 4.54. The predicted molar refractivity (Wildman–Crippen MR) is 89.2 cm³/mol. The zero-order chi connectivity index (χ0) is 15.9. The van der Waals surface area contributed by atoms with Crippen LogP contribution >= 0.6 is 11.3 Å². The first-order chi connectivity index (χ1) is 10.6. The van der Waals surface area contributed by atoms with Crippen molar-refractivity contribution in [3.05, 3.63) is 27.7 Å². The van der Waals surface area contributed by atoms with E-state index < -0.39 is 0 Å². The van der Waals surface area contributed by atoms with Crippen LogP contribution in [0.1, 0.15) is 28.3 Å². The van der Waals surface area contributed by atoms with Gasteiger partial charge in [-0.2, -0.15) is 0 Å². The molecule has 0 saturated heterocycles. The van der Waals surface area contributed by atoms with Gasteiger partial charge >= 0.3 is 0 Å². The lowest BCUT2D eigenvalue weighted by Gasteiger charge is -2.11. The maximum atomic E-state index is 4.54. The molecule has 0 spiro atoms. The third-order valence-corrected chi connectivity index (χ3v) is 4.51. The molecule has 0 unspecified atom stereocenters. The van der Waals surface area contributed by atoms with Crippen LogP contribution in [0.3, 0.4) is 0 Å². The molecule has 120 valence electrons. The van der Waals surface area contributed by atoms with E-state index in [2.05, 4.69) is 44.7 Å². The molecule has 2 heterocycles. The Hall–Kier alpha value is -1.96. The lowest BCUT2D eigenvalue weighted by Crippen LogP contribution is -2.38. The van der Waals surface area contributed by atoms with Gasteiger partial charge in [0.15, 0.2) is 11.8 Å². The van der Waals surface area contributed by atoms with E-state index in [9.17, 15) is 0 Å². The molecule has 2 N–H and O–H groups in total. The van der Waals surface area contributed by atoms with E-state index in [0.717, 1.165) is 42.0 Å². The number of guanidine groups is 1. The second-order valence-corrected chi connectivity index (χ2v) is 6.17. The first kappa shape index (κ1) is 16.4. The summed E-state index contributed by atoms with van der Waals surface area (Å²) in [5, 5.41) is 15.7. The highest BCUT2D eigenvalue weighted by atomic mass is 32.1. The number of rotatable bonds is 6. The quantitative estimate of drug-likeness (QED) is 0.619. The summed E-state index contributed by atoms with van der Waals surface area (Å²) in [5.74, 6) is 1.66. The number of nitrogens with one attached hydrogen (secondary N) is 2. The summed E-state index contributed by atoms with van der Waals surface area (Å²) in [6.07, 6.45) is 2.63. The number of thiazole rings is 1. The number of aromatic nitrogens is 4. The predicted octanol–water partition coefficient (Wildman–Crippen LogP) is 1.28. The molecule has 0 fully saturated rings. The molecule has 22 heavy (non-hydrogen) atoms. The molecule has 0 aliphatic heterocycles. The van der Waals surface area contributed by atoms with Crippen LogP contribution in [0, 0.1) is 13.8 Å². The number of aryl methyl sites for hydroxylation is 3. The summed E-state index contributed by atoms with van der Waals surface area (Å²) >= 11 is 1.76. The Morgan fingerprint density at radius 3 is 2.82 bits per heavy atom. The molecule has 0 bridgehead atoms. The van der Waals surface area contributed by atoms with Crippen molar-refractivity contribution in [1.29, 1.82) is 0 Å². The van der Waals surface area contributed by atoms with Crippen molar-refractivity contribution < 1.29 is 0 Å². The molecule has 2 aromatic rings. The molecule has 0 aliphatic carbocycles. The van der Waals surface area contributed by atoms with Crippen LogP contribution in [0.2, 0.25) is 0 Å². The minimum absolute atomic E-state index is 0.600. The average molecular weight is 321 g/mol. The number of aliphatic imine (C=N–C) groups is 1. The average Bonchev–Trinajstić information content (AvgIpc) is 3.09. The summed E-state index contributed by atoms with van der Waals surface area (Å²) in [4.78, 5) is 10.0. The molecule has 0 saturated carbocycles. The van der Waals surface area contributed by atoms with E-state index in [0.29, 0.717) is 6.54 Å². The Morgan fingerprint density at radius 2 is 2.18 bits per heavy atom. The van der Waals surface area contributed by atoms with E-state index in [4.69, 9.17) is 0 Å². The van der Waals surface area contributed by atoms with Gasteiger partial charge in [-0.25, -0.2) is 4.98 Å². The van der Waals surface area contributed by atoms with Crippen LogP contribution in [-0.2, 0) is 19.5 Å². The number of hydrogen-bond donors (Lipinski definition) is 2. The summed E-state index contributed by atoms with van der Waals surface area (Å²) in [5.41, 5.74) is 1.13. The van der Waals surface area contributed by atoms with Crippen molar-refractivity contribution in [2.45, 2.75) is 40.3 Å². The van der Waals surface area contributed by atoms with E-state index in [-0.39, 0.29) is 0 Å². The summed E-state index contributed by atoms with van der Waals surface area (Å²) < 4.78 is 2.00. The van der Waals surface area contributed by atoms with E-state index in [1.807, 2.05) is 11.5 Å². The molecule has 0 atom stereocenters. The molecule has 0 amide bonds. The standard InChI is InChI=1S/C14H23N7S/c1-5-21-9-18-20-12(21)8-17-14(15-4)16-7-6-13-19-10(2)11(3)22-13/h9H,5-8H2,1-4H3,(H2,15,16,17).